The van der Waals surface area contributed by atoms with Crippen LogP contribution in [0.3, 0.4) is 0 Å². The number of hydrogen-bond acceptors (Lipinski definition) is 4. The normalized spacial score (nSPS) is 13.3. The molecule has 0 aromatic rings. The van der Waals surface area contributed by atoms with Gasteiger partial charge in [0.25, 0.3) is 5.91 Å². The van der Waals surface area contributed by atoms with Gasteiger partial charge in [0.15, 0.2) is 12.2 Å². The molecule has 0 aliphatic carbocycles. The second-order valence-electron chi connectivity index (χ2n) is 6.65. The molecule has 0 unspecified atom stereocenters. The van der Waals surface area contributed by atoms with Gasteiger partial charge in [-0.15, -0.1) is 0 Å². The van der Waals surface area contributed by atoms with Gasteiger partial charge in [0, 0.05) is 6.54 Å². The average molecular weight is 357 g/mol. The van der Waals surface area contributed by atoms with Crippen molar-refractivity contribution in [1.82, 2.24) is 10.0 Å². The molecule has 1 heterocycles. The molecular weight excluding hydrogens is 320 g/mol. The summed E-state index contributed by atoms with van der Waals surface area (Å²) in [5, 5.41) is 2.88. The minimum absolute atomic E-state index is 0.123. The van der Waals surface area contributed by atoms with Gasteiger partial charge >= 0.3 is 0 Å². The van der Waals surface area contributed by atoms with Crippen molar-refractivity contribution in [2.45, 2.75) is 96.8 Å². The maximum Gasteiger partial charge on any atom is 0.289 e. The summed E-state index contributed by atoms with van der Waals surface area (Å²) in [6.07, 6.45) is 20.5. The highest BCUT2D eigenvalue weighted by atomic mass is 32.2. The molecular formula is C19H36N2O2S. The summed E-state index contributed by atoms with van der Waals surface area (Å²) in [5.74, 6) is 0.243. The van der Waals surface area contributed by atoms with E-state index in [2.05, 4.69) is 17.0 Å². The van der Waals surface area contributed by atoms with Gasteiger partial charge in [0.05, 0.1) is 6.20 Å². The number of nitrogens with one attached hydrogen (secondary N) is 2. The number of unbranched alkanes of at least 4 members (excludes halogenated alkanes) is 13. The van der Waals surface area contributed by atoms with Crippen LogP contribution in [-0.4, -0.2) is 12.5 Å². The zero-order valence-corrected chi connectivity index (χ0v) is 16.2. The Hall–Kier alpha value is -0.840. The molecule has 140 valence electrons. The zero-order valence-electron chi connectivity index (χ0n) is 15.4. The Morgan fingerprint density at radius 2 is 1.42 bits per heavy atom. The van der Waals surface area contributed by atoms with Crippen molar-refractivity contribution in [2.75, 3.05) is 6.54 Å². The molecule has 0 aromatic carbocycles. The molecule has 0 saturated heterocycles. The van der Waals surface area contributed by atoms with E-state index in [0.717, 1.165) is 25.2 Å². The average Bonchev–Trinajstić information content (AvgIpc) is 3.13. The van der Waals surface area contributed by atoms with E-state index in [1.807, 2.05) is 0 Å². The maximum absolute atomic E-state index is 11.6. The summed E-state index contributed by atoms with van der Waals surface area (Å²) in [6.45, 7) is 3.01. The Kier molecular flexibility index (Phi) is 13.8. The van der Waals surface area contributed by atoms with Crippen LogP contribution in [0.1, 0.15) is 96.8 Å². The molecule has 24 heavy (non-hydrogen) atoms. The molecule has 1 aliphatic heterocycles. The summed E-state index contributed by atoms with van der Waals surface area (Å²) >= 11 is 1.07. The fourth-order valence-electron chi connectivity index (χ4n) is 2.88. The third kappa shape index (κ3) is 11.7. The van der Waals surface area contributed by atoms with E-state index in [9.17, 15) is 4.79 Å². The lowest BCUT2D eigenvalue weighted by Gasteiger charge is -2.05. The maximum atomic E-state index is 11.6. The Bertz CT molecular complexity index is 348. The first kappa shape index (κ1) is 21.2. The molecule has 0 fully saturated rings. The first-order valence-corrected chi connectivity index (χ1v) is 10.7. The van der Waals surface area contributed by atoms with E-state index < -0.39 is 0 Å². The van der Waals surface area contributed by atoms with Crippen molar-refractivity contribution in [1.29, 1.82) is 0 Å². The highest BCUT2D eigenvalue weighted by Gasteiger charge is 2.15. The van der Waals surface area contributed by atoms with E-state index in [4.69, 9.17) is 4.18 Å². The van der Waals surface area contributed by atoms with Crippen molar-refractivity contribution in [3.63, 3.8) is 0 Å². The Labute approximate surface area is 152 Å². The van der Waals surface area contributed by atoms with Crippen LogP contribution in [0.15, 0.2) is 12.0 Å². The van der Waals surface area contributed by atoms with E-state index in [1.165, 1.54) is 83.5 Å². The second kappa shape index (κ2) is 15.7. The molecule has 1 amide bonds. The monoisotopic (exact) mass is 356 g/mol. The van der Waals surface area contributed by atoms with Crippen molar-refractivity contribution < 1.29 is 8.98 Å². The molecule has 0 saturated carbocycles. The minimum Gasteiger partial charge on any atom is -0.398 e. The summed E-state index contributed by atoms with van der Waals surface area (Å²) in [4.78, 5) is 11.6. The number of hydrogen-bond donors (Lipinski definition) is 2. The second-order valence-corrected chi connectivity index (χ2v) is 7.21. The standard InChI is InChI=1S/C19H36N2O2S/c1-2-3-4-5-6-7-8-9-10-11-12-13-14-15-16-20-19(22)18-17-21-24-23-18/h17,21H,2-16H2,1H3,(H,20,22). The Balaban J connectivity index is 1.72. The summed E-state index contributed by atoms with van der Waals surface area (Å²) in [7, 11) is 0. The lowest BCUT2D eigenvalue weighted by Crippen LogP contribution is -2.25. The van der Waals surface area contributed by atoms with Crippen LogP contribution in [0, 0.1) is 0 Å². The van der Waals surface area contributed by atoms with Crippen LogP contribution in [0.2, 0.25) is 0 Å². The van der Waals surface area contributed by atoms with E-state index >= 15 is 0 Å². The van der Waals surface area contributed by atoms with Gasteiger partial charge in [-0.1, -0.05) is 90.4 Å². The first-order chi connectivity index (χ1) is 11.8. The van der Waals surface area contributed by atoms with Gasteiger partial charge in [-0.3, -0.25) is 9.52 Å². The molecule has 0 bridgehead atoms. The molecule has 1 rings (SSSR count). The van der Waals surface area contributed by atoms with Crippen LogP contribution in [-0.2, 0) is 8.98 Å². The predicted molar refractivity (Wildman–Crippen MR) is 103 cm³/mol. The first-order valence-electron chi connectivity index (χ1n) is 9.92. The quantitative estimate of drug-likeness (QED) is 0.214. The SMILES string of the molecule is CCCCCCCCCCCCCCCCNC(=O)C1=CNSO1. The largest absolute Gasteiger partial charge is 0.398 e. The van der Waals surface area contributed by atoms with Crippen LogP contribution >= 0.6 is 12.2 Å². The van der Waals surface area contributed by atoms with E-state index in [-0.39, 0.29) is 5.91 Å². The molecule has 0 radical (unpaired) electrons. The van der Waals surface area contributed by atoms with Gasteiger partial charge in [0.1, 0.15) is 0 Å². The van der Waals surface area contributed by atoms with Crippen LogP contribution in [0.4, 0.5) is 0 Å². The predicted octanol–water partition coefficient (Wildman–Crippen LogP) is 5.61. The Morgan fingerprint density at radius 1 is 0.917 bits per heavy atom. The summed E-state index contributed by atoms with van der Waals surface area (Å²) < 4.78 is 7.82. The molecule has 5 heteroatoms. The molecule has 0 spiro atoms. The van der Waals surface area contributed by atoms with Gasteiger partial charge in [-0.05, 0) is 6.42 Å². The fourth-order valence-corrected chi connectivity index (χ4v) is 3.30. The number of carbonyl (C=O) groups excluding carboxylic acids is 1. The topological polar surface area (TPSA) is 50.4 Å². The molecule has 0 aromatic heterocycles. The van der Waals surface area contributed by atoms with Gasteiger partial charge < -0.3 is 9.50 Å². The van der Waals surface area contributed by atoms with Crippen molar-refractivity contribution in [3.05, 3.63) is 12.0 Å². The van der Waals surface area contributed by atoms with Crippen LogP contribution in [0.25, 0.3) is 0 Å². The molecule has 0 atom stereocenters. The summed E-state index contributed by atoms with van der Waals surface area (Å²) in [5.41, 5.74) is 0. The van der Waals surface area contributed by atoms with Gasteiger partial charge in [-0.25, -0.2) is 0 Å². The van der Waals surface area contributed by atoms with Gasteiger partial charge in [-0.2, -0.15) is 0 Å². The number of rotatable bonds is 16. The number of amides is 1. The number of carbonyl (C=O) groups is 1. The third-order valence-corrected chi connectivity index (χ3v) is 4.89. The van der Waals surface area contributed by atoms with E-state index in [0.29, 0.717) is 5.76 Å². The fraction of sp³-hybridized carbons (Fsp3) is 0.842. The molecule has 1 aliphatic rings. The zero-order chi connectivity index (χ0) is 17.3. The van der Waals surface area contributed by atoms with E-state index in [1.54, 1.807) is 6.20 Å². The Morgan fingerprint density at radius 3 is 1.88 bits per heavy atom. The highest BCUT2D eigenvalue weighted by Crippen LogP contribution is 2.14. The highest BCUT2D eigenvalue weighted by molar-refractivity contribution is 7.93. The third-order valence-electron chi connectivity index (χ3n) is 4.41. The lowest BCUT2D eigenvalue weighted by molar-refractivity contribution is -0.119. The molecule has 2 N–H and O–H groups in total. The van der Waals surface area contributed by atoms with Crippen LogP contribution < -0.4 is 10.0 Å². The van der Waals surface area contributed by atoms with Crippen molar-refractivity contribution in [2.24, 2.45) is 0 Å². The van der Waals surface area contributed by atoms with Crippen molar-refractivity contribution in [3.8, 4) is 0 Å². The van der Waals surface area contributed by atoms with Crippen LogP contribution in [0.5, 0.6) is 0 Å². The smallest absolute Gasteiger partial charge is 0.289 e. The molecule has 4 nitrogen and oxygen atoms in total. The lowest BCUT2D eigenvalue weighted by atomic mass is 10.0. The van der Waals surface area contributed by atoms with Crippen molar-refractivity contribution >= 4 is 18.1 Å². The summed E-state index contributed by atoms with van der Waals surface area (Å²) in [6, 6.07) is 0. The minimum atomic E-state index is -0.123. The van der Waals surface area contributed by atoms with Gasteiger partial charge in [0.2, 0.25) is 5.76 Å².